The number of thiophene rings is 1. The van der Waals surface area contributed by atoms with Gasteiger partial charge in [0.25, 0.3) is 0 Å². The summed E-state index contributed by atoms with van der Waals surface area (Å²) < 4.78 is 0. The highest BCUT2D eigenvalue weighted by molar-refractivity contribution is 7.08. The SMILES string of the molecule is N#CC1(C#N)[C@H](c2ccsc2)[C@@H](C(=O)c2ccccc2)N2C=Cc3ccccc3[C@@H]21. The van der Waals surface area contributed by atoms with E-state index in [-0.39, 0.29) is 5.78 Å². The zero-order valence-electron chi connectivity index (χ0n) is 16.0. The summed E-state index contributed by atoms with van der Waals surface area (Å²) in [6, 6.07) is 22.4. The second-order valence-corrected chi connectivity index (χ2v) is 8.38. The van der Waals surface area contributed by atoms with Crippen LogP contribution in [0.3, 0.4) is 0 Å². The molecule has 0 spiro atoms. The second-order valence-electron chi connectivity index (χ2n) is 7.60. The molecule has 144 valence electrons. The Morgan fingerprint density at radius 1 is 1.00 bits per heavy atom. The molecule has 0 N–H and O–H groups in total. The fraction of sp³-hybridized carbons (Fsp3) is 0.160. The van der Waals surface area contributed by atoms with Crippen molar-refractivity contribution in [3.8, 4) is 12.1 Å². The molecule has 3 heterocycles. The van der Waals surface area contributed by atoms with Crippen LogP contribution in [0.4, 0.5) is 0 Å². The maximum absolute atomic E-state index is 13.7. The number of carbonyl (C=O) groups excluding carboxylic acids is 1. The molecule has 1 fully saturated rings. The van der Waals surface area contributed by atoms with Gasteiger partial charge in [0.1, 0.15) is 6.04 Å². The lowest BCUT2D eigenvalue weighted by Gasteiger charge is -2.34. The quantitative estimate of drug-likeness (QED) is 0.563. The average molecular weight is 407 g/mol. The Morgan fingerprint density at radius 3 is 2.43 bits per heavy atom. The first-order valence-corrected chi connectivity index (χ1v) is 10.6. The third-order valence-corrected chi connectivity index (χ3v) is 6.87. The molecule has 0 amide bonds. The molecule has 3 atom stereocenters. The van der Waals surface area contributed by atoms with Crippen molar-refractivity contribution in [1.82, 2.24) is 4.90 Å². The number of hydrogen-bond acceptors (Lipinski definition) is 5. The van der Waals surface area contributed by atoms with Gasteiger partial charge in [-0.1, -0.05) is 54.6 Å². The van der Waals surface area contributed by atoms with Gasteiger partial charge in [-0.2, -0.15) is 21.9 Å². The number of carbonyl (C=O) groups is 1. The van der Waals surface area contributed by atoms with Crippen molar-refractivity contribution in [2.45, 2.75) is 18.0 Å². The fourth-order valence-electron chi connectivity index (χ4n) is 4.89. The Kier molecular flexibility index (Phi) is 4.28. The molecule has 5 heteroatoms. The minimum Gasteiger partial charge on any atom is -0.357 e. The standard InChI is InChI=1S/C25H17N3OS/c26-15-25(16-27)21(19-11-13-30-14-19)22(23(29)18-7-2-1-3-8-18)28-12-10-17-6-4-5-9-20(17)24(25)28/h1-14,21-22,24H/t21-,22+,24-/m1/s1. The predicted molar refractivity (Wildman–Crippen MR) is 115 cm³/mol. The van der Waals surface area contributed by atoms with Gasteiger partial charge in [0.05, 0.1) is 18.2 Å². The largest absolute Gasteiger partial charge is 0.357 e. The second kappa shape index (κ2) is 6.99. The molecule has 4 nitrogen and oxygen atoms in total. The molecule has 0 bridgehead atoms. The van der Waals surface area contributed by atoms with Gasteiger partial charge in [-0.05, 0) is 39.6 Å². The van der Waals surface area contributed by atoms with Gasteiger partial charge >= 0.3 is 0 Å². The summed E-state index contributed by atoms with van der Waals surface area (Å²) >= 11 is 1.51. The van der Waals surface area contributed by atoms with Crippen molar-refractivity contribution in [3.63, 3.8) is 0 Å². The van der Waals surface area contributed by atoms with Crippen molar-refractivity contribution in [3.05, 3.63) is 99.9 Å². The highest BCUT2D eigenvalue weighted by Gasteiger charge is 2.63. The Morgan fingerprint density at radius 2 is 1.73 bits per heavy atom. The van der Waals surface area contributed by atoms with Crippen LogP contribution >= 0.6 is 11.3 Å². The number of hydrogen-bond donors (Lipinski definition) is 0. The number of rotatable bonds is 3. The number of ketones is 1. The molecule has 2 aromatic carbocycles. The van der Waals surface area contributed by atoms with Crippen molar-refractivity contribution >= 4 is 23.2 Å². The van der Waals surface area contributed by atoms with Crippen LogP contribution in [0.5, 0.6) is 0 Å². The van der Waals surface area contributed by atoms with Crippen LogP contribution in [0.25, 0.3) is 6.08 Å². The molecule has 3 aromatic rings. The highest BCUT2D eigenvalue weighted by Crippen LogP contribution is 2.60. The molecule has 0 unspecified atom stereocenters. The summed E-state index contributed by atoms with van der Waals surface area (Å²) in [4.78, 5) is 15.7. The molecule has 0 radical (unpaired) electrons. The van der Waals surface area contributed by atoms with E-state index in [1.54, 1.807) is 12.1 Å². The molecule has 1 saturated heterocycles. The lowest BCUT2D eigenvalue weighted by Crippen LogP contribution is -2.37. The van der Waals surface area contributed by atoms with Gasteiger partial charge in [-0.3, -0.25) is 4.79 Å². The third-order valence-electron chi connectivity index (χ3n) is 6.17. The molecule has 2 aliphatic rings. The zero-order valence-corrected chi connectivity index (χ0v) is 16.8. The summed E-state index contributed by atoms with van der Waals surface area (Å²) in [5.74, 6) is -0.638. The van der Waals surface area contributed by atoms with E-state index in [0.717, 1.165) is 16.7 Å². The van der Waals surface area contributed by atoms with E-state index < -0.39 is 23.4 Å². The molecule has 2 aliphatic heterocycles. The number of Topliss-reactive ketones (excluding diaryl/α,β-unsaturated/α-hetero) is 1. The Hall–Kier alpha value is -3.67. The van der Waals surface area contributed by atoms with Crippen LogP contribution in [0, 0.1) is 28.1 Å². The van der Waals surface area contributed by atoms with Crippen molar-refractivity contribution < 1.29 is 4.79 Å². The molecule has 1 aromatic heterocycles. The predicted octanol–water partition coefficient (Wildman–Crippen LogP) is 5.16. The van der Waals surface area contributed by atoms with Gasteiger partial charge in [-0.15, -0.1) is 0 Å². The Balaban J connectivity index is 1.77. The summed E-state index contributed by atoms with van der Waals surface area (Å²) in [6.45, 7) is 0. The van der Waals surface area contributed by atoms with Crippen LogP contribution < -0.4 is 0 Å². The van der Waals surface area contributed by atoms with Crippen LogP contribution in [0.1, 0.15) is 39.0 Å². The molecular weight excluding hydrogens is 390 g/mol. The number of fused-ring (bicyclic) bond motifs is 3. The highest BCUT2D eigenvalue weighted by atomic mass is 32.1. The van der Waals surface area contributed by atoms with Crippen molar-refractivity contribution in [2.75, 3.05) is 0 Å². The summed E-state index contributed by atoms with van der Waals surface area (Å²) in [5, 5.41) is 24.7. The first kappa shape index (κ1) is 18.4. The molecular formula is C25H17N3OS. The van der Waals surface area contributed by atoms with Gasteiger partial charge in [-0.25, -0.2) is 0 Å². The van der Waals surface area contributed by atoms with E-state index >= 15 is 0 Å². The van der Waals surface area contributed by atoms with E-state index in [1.807, 2.05) is 76.5 Å². The number of nitrogens with zero attached hydrogens (tertiary/aromatic N) is 3. The fourth-order valence-corrected chi connectivity index (χ4v) is 5.59. The zero-order chi connectivity index (χ0) is 20.7. The monoisotopic (exact) mass is 407 g/mol. The van der Waals surface area contributed by atoms with E-state index in [2.05, 4.69) is 12.1 Å². The lowest BCUT2D eigenvalue weighted by atomic mass is 9.68. The number of nitriles is 2. The van der Waals surface area contributed by atoms with Gasteiger partial charge in [0.15, 0.2) is 11.2 Å². The maximum atomic E-state index is 13.7. The van der Waals surface area contributed by atoms with E-state index in [4.69, 9.17) is 0 Å². The molecule has 0 saturated carbocycles. The van der Waals surface area contributed by atoms with Crippen molar-refractivity contribution in [1.29, 1.82) is 10.5 Å². The van der Waals surface area contributed by atoms with Crippen LogP contribution in [0.2, 0.25) is 0 Å². The summed E-state index contributed by atoms with van der Waals surface area (Å²) in [7, 11) is 0. The molecule has 30 heavy (non-hydrogen) atoms. The topological polar surface area (TPSA) is 67.9 Å². The first-order valence-electron chi connectivity index (χ1n) is 9.69. The van der Waals surface area contributed by atoms with Gasteiger partial charge in [0, 0.05) is 17.7 Å². The van der Waals surface area contributed by atoms with Crippen LogP contribution in [-0.2, 0) is 0 Å². The van der Waals surface area contributed by atoms with E-state index in [9.17, 15) is 15.3 Å². The van der Waals surface area contributed by atoms with Crippen LogP contribution in [-0.4, -0.2) is 16.7 Å². The Bertz CT molecular complexity index is 1200. The first-order chi connectivity index (χ1) is 14.7. The average Bonchev–Trinajstić information content (AvgIpc) is 3.43. The minimum atomic E-state index is -1.39. The lowest BCUT2D eigenvalue weighted by molar-refractivity contribution is 0.0875. The van der Waals surface area contributed by atoms with Crippen molar-refractivity contribution in [2.24, 2.45) is 5.41 Å². The minimum absolute atomic E-state index is 0.0757. The number of benzene rings is 2. The Labute approximate surface area is 178 Å². The maximum Gasteiger partial charge on any atom is 0.185 e. The van der Waals surface area contributed by atoms with Gasteiger partial charge in [0.2, 0.25) is 0 Å². The summed E-state index contributed by atoms with van der Waals surface area (Å²) in [6.07, 6.45) is 3.85. The third kappa shape index (κ3) is 2.46. The molecule has 5 rings (SSSR count). The van der Waals surface area contributed by atoms with E-state index in [1.165, 1.54) is 11.3 Å². The summed E-state index contributed by atoms with van der Waals surface area (Å²) in [5.41, 5.74) is 1.94. The smallest absolute Gasteiger partial charge is 0.185 e. The van der Waals surface area contributed by atoms with E-state index in [0.29, 0.717) is 5.56 Å². The van der Waals surface area contributed by atoms with Gasteiger partial charge < -0.3 is 4.90 Å². The normalized spacial score (nSPS) is 23.1. The molecule has 0 aliphatic carbocycles. The van der Waals surface area contributed by atoms with Crippen LogP contribution in [0.15, 0.2) is 77.6 Å².